The zero-order valence-corrected chi connectivity index (χ0v) is 27.1. The second kappa shape index (κ2) is 12.7. The van der Waals surface area contributed by atoms with Gasteiger partial charge in [-0.05, 0) is 70.4 Å². The van der Waals surface area contributed by atoms with E-state index in [1.807, 2.05) is 38.7 Å². The predicted molar refractivity (Wildman–Crippen MR) is 174 cm³/mol. The number of rotatable bonds is 2. The molecule has 1 saturated heterocycles. The monoisotopic (exact) mass is 630 g/mol. The third-order valence-electron chi connectivity index (χ3n) is 8.23. The first-order valence-corrected chi connectivity index (χ1v) is 15.8. The smallest absolute Gasteiger partial charge is 0.410 e. The molecule has 6 rings (SSSR count). The Labute approximate surface area is 268 Å². The molecule has 46 heavy (non-hydrogen) atoms. The fourth-order valence-corrected chi connectivity index (χ4v) is 5.91. The summed E-state index contributed by atoms with van der Waals surface area (Å²) in [5.74, 6) is 0.435. The van der Waals surface area contributed by atoms with Crippen molar-refractivity contribution < 1.29 is 24.2 Å². The van der Waals surface area contributed by atoms with Gasteiger partial charge in [-0.1, -0.05) is 6.07 Å². The molecule has 2 N–H and O–H groups in total. The molecule has 0 aliphatic carbocycles. The van der Waals surface area contributed by atoms with Gasteiger partial charge in [-0.2, -0.15) is 10.1 Å². The van der Waals surface area contributed by atoms with Crippen LogP contribution in [0.5, 0.6) is 5.88 Å². The molecule has 3 aliphatic rings. The number of carbonyl (C=O) groups is 2. The van der Waals surface area contributed by atoms with Crippen LogP contribution >= 0.6 is 0 Å². The molecule has 5 heterocycles. The van der Waals surface area contributed by atoms with E-state index in [0.29, 0.717) is 40.9 Å². The molecule has 244 valence electrons. The topological polar surface area (TPSA) is 138 Å². The molecule has 2 amide bonds. The molecule has 0 radical (unpaired) electrons. The lowest BCUT2D eigenvalue weighted by atomic mass is 10.1. The van der Waals surface area contributed by atoms with Gasteiger partial charge < -0.3 is 29.7 Å². The van der Waals surface area contributed by atoms with E-state index in [-0.39, 0.29) is 25.8 Å². The normalized spacial score (nSPS) is 19.1. The first kappa shape index (κ1) is 31.5. The summed E-state index contributed by atoms with van der Waals surface area (Å²) in [6, 6.07) is 9.60. The summed E-state index contributed by atoms with van der Waals surface area (Å²) < 4.78 is 13.6. The maximum Gasteiger partial charge on any atom is 0.410 e. The number of hydrogen-bond donors (Lipinski definition) is 2. The highest BCUT2D eigenvalue weighted by molar-refractivity contribution is 6.19. The number of aliphatic hydroxyl groups is 1. The summed E-state index contributed by atoms with van der Waals surface area (Å²) in [4.78, 5) is 42.2. The molecule has 1 fully saturated rings. The number of carbonyl (C=O) groups excluding carboxylic acids is 2. The van der Waals surface area contributed by atoms with Gasteiger partial charge >= 0.3 is 6.09 Å². The summed E-state index contributed by atoms with van der Waals surface area (Å²) in [5, 5.41) is 17.6. The highest BCUT2D eigenvalue weighted by Crippen LogP contribution is 2.35. The van der Waals surface area contributed by atoms with E-state index in [1.165, 1.54) is 0 Å². The van der Waals surface area contributed by atoms with Gasteiger partial charge in [0.05, 0.1) is 41.5 Å². The summed E-state index contributed by atoms with van der Waals surface area (Å²) in [5.41, 5.74) is 4.35. The molecule has 0 unspecified atom stereocenters. The zero-order chi connectivity index (χ0) is 32.6. The molecule has 1 aromatic carbocycles. The van der Waals surface area contributed by atoms with E-state index >= 15 is 0 Å². The molecule has 3 aliphatic heterocycles. The number of anilines is 2. The number of guanidine groups is 1. The SMILES string of the molecule is Cc1cc2cc(n1)-c1cnn(C)c1OCCN(C(=O)OC(C)(C)C)CCN1/C(=N/C2=O)Nc2ccc(CN3CCC(O)CC3)cc21. The number of nitrogens with one attached hydrogen (secondary N) is 1. The predicted octanol–water partition coefficient (Wildman–Crippen LogP) is 3.81. The van der Waals surface area contributed by atoms with E-state index in [1.54, 1.807) is 35.0 Å². The number of ether oxygens (including phenoxy) is 2. The average molecular weight is 631 g/mol. The van der Waals surface area contributed by atoms with Crippen molar-refractivity contribution in [3.63, 3.8) is 0 Å². The lowest BCUT2D eigenvalue weighted by molar-refractivity contribution is 0.0231. The molecule has 2 aromatic heterocycles. The molecule has 13 heteroatoms. The quantitative estimate of drug-likeness (QED) is 0.430. The Kier molecular flexibility index (Phi) is 8.71. The van der Waals surface area contributed by atoms with E-state index < -0.39 is 17.6 Å². The molecule has 0 atom stereocenters. The fraction of sp³-hybridized carbons (Fsp3) is 0.485. The lowest BCUT2D eigenvalue weighted by Crippen LogP contribution is -2.44. The highest BCUT2D eigenvalue weighted by atomic mass is 16.6. The van der Waals surface area contributed by atoms with Gasteiger partial charge in [0, 0.05) is 51.0 Å². The Bertz CT molecular complexity index is 1650. The summed E-state index contributed by atoms with van der Waals surface area (Å²) in [6.45, 7) is 10.8. The molecule has 13 nitrogen and oxygen atoms in total. The number of aryl methyl sites for hydroxylation is 2. The van der Waals surface area contributed by atoms with Crippen molar-refractivity contribution >= 4 is 29.3 Å². The highest BCUT2D eigenvalue weighted by Gasteiger charge is 2.30. The number of aliphatic hydroxyl groups excluding tert-OH is 1. The summed E-state index contributed by atoms with van der Waals surface area (Å²) in [7, 11) is 1.77. The zero-order valence-electron chi connectivity index (χ0n) is 27.1. The molecular formula is C33H42N8O5. The summed E-state index contributed by atoms with van der Waals surface area (Å²) >= 11 is 0. The Morgan fingerprint density at radius 2 is 1.89 bits per heavy atom. The van der Waals surface area contributed by atoms with Crippen molar-refractivity contribution in [1.82, 2.24) is 24.6 Å². The number of benzene rings is 1. The number of amides is 2. The number of nitrogens with zero attached hydrogens (tertiary/aromatic N) is 7. The van der Waals surface area contributed by atoms with Crippen molar-refractivity contribution in [3.8, 4) is 17.1 Å². The van der Waals surface area contributed by atoms with Crippen LogP contribution in [0.2, 0.25) is 0 Å². The van der Waals surface area contributed by atoms with Crippen LogP contribution in [0.25, 0.3) is 11.3 Å². The van der Waals surface area contributed by atoms with Crippen LogP contribution in [0, 0.1) is 6.92 Å². The van der Waals surface area contributed by atoms with Gasteiger partial charge in [0.2, 0.25) is 11.8 Å². The van der Waals surface area contributed by atoms with E-state index in [2.05, 4.69) is 37.4 Å². The Balaban J connectivity index is 1.37. The minimum atomic E-state index is -0.683. The van der Waals surface area contributed by atoms with Crippen molar-refractivity contribution in [3.05, 3.63) is 53.3 Å². The van der Waals surface area contributed by atoms with Crippen molar-refractivity contribution in [2.24, 2.45) is 12.0 Å². The van der Waals surface area contributed by atoms with Crippen LogP contribution in [0.15, 0.2) is 41.5 Å². The van der Waals surface area contributed by atoms with Gasteiger partial charge in [-0.3, -0.25) is 14.7 Å². The number of likely N-dealkylation sites (tertiary alicyclic amines) is 1. The number of hydrogen-bond acceptors (Lipinski definition) is 10. The van der Waals surface area contributed by atoms with E-state index in [9.17, 15) is 14.7 Å². The van der Waals surface area contributed by atoms with Crippen LogP contribution in [-0.4, -0.2) is 98.7 Å². The average Bonchev–Trinajstić information content (AvgIpc) is 3.53. The van der Waals surface area contributed by atoms with Gasteiger partial charge in [-0.15, -0.1) is 0 Å². The van der Waals surface area contributed by atoms with Crippen LogP contribution in [-0.2, 0) is 18.3 Å². The minimum absolute atomic E-state index is 0.188. The third-order valence-corrected chi connectivity index (χ3v) is 8.23. The first-order chi connectivity index (χ1) is 21.9. The third kappa shape index (κ3) is 7.00. The second-order valence-electron chi connectivity index (χ2n) is 13.1. The van der Waals surface area contributed by atoms with Crippen LogP contribution < -0.4 is 15.0 Å². The van der Waals surface area contributed by atoms with Crippen molar-refractivity contribution in [2.75, 3.05) is 49.5 Å². The maximum atomic E-state index is 13.7. The van der Waals surface area contributed by atoms with E-state index in [0.717, 1.165) is 49.4 Å². The Morgan fingerprint density at radius 1 is 1.11 bits per heavy atom. The molecule has 0 spiro atoms. The number of piperidine rings is 1. The van der Waals surface area contributed by atoms with Crippen molar-refractivity contribution in [2.45, 2.75) is 58.8 Å². The van der Waals surface area contributed by atoms with Gasteiger partial charge in [0.15, 0.2) is 0 Å². The number of aliphatic imine (C=N–C) groups is 1. The molecular weight excluding hydrogens is 588 g/mol. The van der Waals surface area contributed by atoms with E-state index in [4.69, 9.17) is 9.47 Å². The van der Waals surface area contributed by atoms with Gasteiger partial charge in [0.25, 0.3) is 5.91 Å². The molecule has 3 aromatic rings. The maximum absolute atomic E-state index is 13.7. The lowest BCUT2D eigenvalue weighted by Gasteiger charge is -2.30. The summed E-state index contributed by atoms with van der Waals surface area (Å²) in [6.07, 6.45) is 2.49. The van der Waals surface area contributed by atoms with Crippen LogP contribution in [0.1, 0.15) is 55.2 Å². The molecule has 0 saturated carbocycles. The first-order valence-electron chi connectivity index (χ1n) is 15.8. The number of aromatic nitrogens is 3. The molecule has 2 bridgehead atoms. The van der Waals surface area contributed by atoms with Gasteiger partial charge in [0.1, 0.15) is 12.2 Å². The Hall–Kier alpha value is -4.49. The van der Waals surface area contributed by atoms with Crippen molar-refractivity contribution in [1.29, 1.82) is 0 Å². The van der Waals surface area contributed by atoms with Gasteiger partial charge in [-0.25, -0.2) is 9.48 Å². The largest absolute Gasteiger partial charge is 0.475 e. The fourth-order valence-electron chi connectivity index (χ4n) is 5.91. The number of pyridine rings is 1. The minimum Gasteiger partial charge on any atom is -0.475 e. The standard InChI is InChI=1S/C33H42N8O5/c1-21-16-23-18-27(35-21)25-19-34-38(5)30(25)45-15-14-40(32(44)46-33(2,3)4)12-13-41-28-17-22(20-39-10-8-24(42)9-11-39)6-7-26(28)36-31(41)37-29(23)43/h6-7,16-19,24,42H,8-15,20H2,1-5H3,(H,36,37,43). The Morgan fingerprint density at radius 3 is 2.65 bits per heavy atom. The second-order valence-corrected chi connectivity index (χ2v) is 13.1. The van der Waals surface area contributed by atoms with Crippen LogP contribution in [0.4, 0.5) is 16.2 Å². The number of fused-ring (bicyclic) bond motifs is 7. The van der Waals surface area contributed by atoms with Crippen LogP contribution in [0.3, 0.4) is 0 Å².